The van der Waals surface area contributed by atoms with Crippen LogP contribution < -0.4 is 10.3 Å². The molecule has 0 fully saturated rings. The number of β-amino-alcohol motifs (C(OH)–C–C–N with tert-alkyl or cyclic N) is 1. The molecule has 1 aromatic carbocycles. The van der Waals surface area contributed by atoms with Crippen LogP contribution in [0, 0.1) is 12.3 Å². The Morgan fingerprint density at radius 2 is 2.32 bits per heavy atom. The van der Waals surface area contributed by atoms with Gasteiger partial charge in [0.1, 0.15) is 18.2 Å². The third-order valence-electron chi connectivity index (χ3n) is 4.67. The number of aliphatic hydroxyl groups is 1. The molecule has 2 N–H and O–H groups in total. The van der Waals surface area contributed by atoms with E-state index in [0.717, 1.165) is 23.6 Å². The molecule has 0 aliphatic carbocycles. The number of fused-ring (bicyclic) bond motifs is 1. The van der Waals surface area contributed by atoms with Crippen LogP contribution in [0.5, 0.6) is 5.75 Å². The molecule has 148 valence electrons. The largest absolute Gasteiger partial charge is 0.497 e. The van der Waals surface area contributed by atoms with Crippen LogP contribution >= 0.6 is 0 Å². The van der Waals surface area contributed by atoms with Gasteiger partial charge in [0.15, 0.2) is 0 Å². The number of hydrogen-bond donors (Lipinski definition) is 2. The molecular formula is C21H25N3O4. The molecule has 7 heteroatoms. The highest BCUT2D eigenvalue weighted by Crippen LogP contribution is 2.17. The smallest absolute Gasteiger partial charge is 0.255 e. The van der Waals surface area contributed by atoms with E-state index in [9.17, 15) is 9.90 Å². The molecule has 0 amide bonds. The van der Waals surface area contributed by atoms with Crippen LogP contribution in [0.4, 0.5) is 0 Å². The first-order valence-corrected chi connectivity index (χ1v) is 9.24. The maximum Gasteiger partial charge on any atom is 0.255 e. The zero-order valence-corrected chi connectivity index (χ0v) is 16.0. The summed E-state index contributed by atoms with van der Waals surface area (Å²) in [5.74, 6) is 3.79. The molecule has 2 heterocycles. The molecule has 2 aromatic rings. The summed E-state index contributed by atoms with van der Waals surface area (Å²) in [6, 6.07) is 7.71. The van der Waals surface area contributed by atoms with Crippen LogP contribution in [0.25, 0.3) is 0 Å². The third kappa shape index (κ3) is 5.20. The molecule has 1 aliphatic heterocycles. The van der Waals surface area contributed by atoms with Gasteiger partial charge in [-0.15, -0.1) is 6.42 Å². The Hall–Kier alpha value is -2.66. The number of aliphatic hydroxyl groups excluding tert-OH is 1. The summed E-state index contributed by atoms with van der Waals surface area (Å²) in [5, 5.41) is 10.0. The van der Waals surface area contributed by atoms with Crippen molar-refractivity contribution in [2.24, 2.45) is 0 Å². The van der Waals surface area contributed by atoms with E-state index < -0.39 is 6.10 Å². The quantitative estimate of drug-likeness (QED) is 0.516. The number of nitrogens with one attached hydrogen (secondary N) is 1. The first kappa shape index (κ1) is 20.1. The van der Waals surface area contributed by atoms with Gasteiger partial charge in [-0.1, -0.05) is 18.1 Å². The van der Waals surface area contributed by atoms with Gasteiger partial charge in [0.25, 0.3) is 5.56 Å². The van der Waals surface area contributed by atoms with E-state index in [-0.39, 0.29) is 18.8 Å². The minimum absolute atomic E-state index is 0.120. The molecule has 1 aromatic heterocycles. The molecule has 0 spiro atoms. The summed E-state index contributed by atoms with van der Waals surface area (Å²) in [5.41, 5.74) is 2.40. The first-order chi connectivity index (χ1) is 13.6. The van der Waals surface area contributed by atoms with Gasteiger partial charge in [-0.2, -0.15) is 0 Å². The van der Waals surface area contributed by atoms with Crippen molar-refractivity contribution in [3.05, 3.63) is 57.3 Å². The summed E-state index contributed by atoms with van der Waals surface area (Å²) in [6.45, 7) is 1.98. The van der Waals surface area contributed by atoms with Crippen LogP contribution in [-0.2, 0) is 24.1 Å². The molecule has 0 saturated carbocycles. The number of benzene rings is 1. The van der Waals surface area contributed by atoms with Crippen LogP contribution in [-0.4, -0.2) is 59.5 Å². The molecule has 0 unspecified atom stereocenters. The van der Waals surface area contributed by atoms with Crippen molar-refractivity contribution in [1.29, 1.82) is 0 Å². The van der Waals surface area contributed by atoms with Gasteiger partial charge >= 0.3 is 0 Å². The minimum Gasteiger partial charge on any atom is -0.497 e. The Balaban J connectivity index is 1.66. The van der Waals surface area contributed by atoms with Crippen LogP contribution in [0.1, 0.15) is 22.6 Å². The van der Waals surface area contributed by atoms with Gasteiger partial charge in [-0.05, 0) is 17.7 Å². The highest BCUT2D eigenvalue weighted by atomic mass is 16.5. The monoisotopic (exact) mass is 383 g/mol. The second-order valence-corrected chi connectivity index (χ2v) is 6.82. The minimum atomic E-state index is -0.644. The predicted octanol–water partition coefficient (Wildman–Crippen LogP) is 0.738. The lowest BCUT2D eigenvalue weighted by atomic mass is 10.1. The van der Waals surface area contributed by atoms with E-state index in [1.807, 2.05) is 29.2 Å². The average Bonchev–Trinajstić information content (AvgIpc) is 2.69. The lowest BCUT2D eigenvalue weighted by Crippen LogP contribution is -2.41. The lowest BCUT2D eigenvalue weighted by molar-refractivity contribution is 0.0248. The second kappa shape index (κ2) is 9.51. The van der Waals surface area contributed by atoms with Crippen molar-refractivity contribution < 1.29 is 14.6 Å². The van der Waals surface area contributed by atoms with Crippen molar-refractivity contribution >= 4 is 0 Å². The predicted molar refractivity (Wildman–Crippen MR) is 105 cm³/mol. The number of rotatable bonds is 8. The molecule has 0 radical (unpaired) electrons. The first-order valence-electron chi connectivity index (χ1n) is 9.24. The maximum absolute atomic E-state index is 12.6. The molecule has 28 heavy (non-hydrogen) atoms. The summed E-state index contributed by atoms with van der Waals surface area (Å²) < 4.78 is 10.4. The molecule has 0 bridgehead atoms. The number of aromatic amines is 1. The van der Waals surface area contributed by atoms with Crippen LogP contribution in [0.2, 0.25) is 0 Å². The Bertz CT molecular complexity index is 903. The standard InChI is InChI=1S/C21H25N3O4/c1-3-9-28-14-16(25)12-24-8-7-19-18(13-24)21(26)23-20(22-19)11-15-5-4-6-17(10-15)27-2/h1,4-6,10,16,25H,7-9,11-14H2,2H3,(H,22,23,26)/t16-/m0/s1. The van der Waals surface area contributed by atoms with Crippen molar-refractivity contribution in [2.45, 2.75) is 25.5 Å². The number of terminal acetylenes is 1. The van der Waals surface area contributed by atoms with Gasteiger partial charge in [-0.25, -0.2) is 4.98 Å². The fraction of sp³-hybridized carbons (Fsp3) is 0.429. The van der Waals surface area contributed by atoms with E-state index >= 15 is 0 Å². The fourth-order valence-electron chi connectivity index (χ4n) is 3.35. The van der Waals surface area contributed by atoms with E-state index in [2.05, 4.69) is 15.9 Å². The fourth-order valence-corrected chi connectivity index (χ4v) is 3.35. The Labute approximate surface area is 164 Å². The van der Waals surface area contributed by atoms with E-state index in [1.165, 1.54) is 0 Å². The van der Waals surface area contributed by atoms with Gasteiger partial charge in [-0.3, -0.25) is 9.69 Å². The number of methoxy groups -OCH3 is 1. The highest BCUT2D eigenvalue weighted by molar-refractivity contribution is 5.31. The zero-order valence-electron chi connectivity index (χ0n) is 16.0. The zero-order chi connectivity index (χ0) is 19.9. The van der Waals surface area contributed by atoms with E-state index in [0.29, 0.717) is 37.3 Å². The van der Waals surface area contributed by atoms with E-state index in [1.54, 1.807) is 7.11 Å². The Morgan fingerprint density at radius 1 is 1.46 bits per heavy atom. The van der Waals surface area contributed by atoms with Crippen LogP contribution in [0.3, 0.4) is 0 Å². The number of nitrogens with zero attached hydrogens (tertiary/aromatic N) is 2. The topological polar surface area (TPSA) is 87.7 Å². The molecule has 7 nitrogen and oxygen atoms in total. The van der Waals surface area contributed by atoms with Crippen molar-refractivity contribution in [2.75, 3.05) is 33.4 Å². The van der Waals surface area contributed by atoms with Crippen molar-refractivity contribution in [3.8, 4) is 18.1 Å². The van der Waals surface area contributed by atoms with Gasteiger partial charge in [0.05, 0.1) is 31.1 Å². The molecule has 1 aliphatic rings. The number of H-pyrrole nitrogens is 1. The second-order valence-electron chi connectivity index (χ2n) is 6.82. The van der Waals surface area contributed by atoms with Crippen molar-refractivity contribution in [3.63, 3.8) is 0 Å². The Morgan fingerprint density at radius 3 is 3.11 bits per heavy atom. The molecule has 0 saturated heterocycles. The average molecular weight is 383 g/mol. The van der Waals surface area contributed by atoms with Gasteiger partial charge < -0.3 is 19.6 Å². The SMILES string of the molecule is C#CCOC[C@@H](O)CN1CCc2nc(Cc3cccc(OC)c3)[nH]c(=O)c2C1. The molecular weight excluding hydrogens is 358 g/mol. The Kier molecular flexibility index (Phi) is 6.82. The number of ether oxygens (including phenoxy) is 2. The summed E-state index contributed by atoms with van der Waals surface area (Å²) in [4.78, 5) is 22.2. The molecule has 3 rings (SSSR count). The number of aromatic nitrogens is 2. The number of hydrogen-bond acceptors (Lipinski definition) is 6. The lowest BCUT2D eigenvalue weighted by Gasteiger charge is -2.29. The molecule has 1 atom stereocenters. The summed E-state index contributed by atoms with van der Waals surface area (Å²) in [7, 11) is 1.63. The summed E-state index contributed by atoms with van der Waals surface area (Å²) >= 11 is 0. The normalized spacial score (nSPS) is 14.9. The van der Waals surface area contributed by atoms with Crippen LogP contribution in [0.15, 0.2) is 29.1 Å². The van der Waals surface area contributed by atoms with E-state index in [4.69, 9.17) is 15.9 Å². The summed E-state index contributed by atoms with van der Waals surface area (Å²) in [6.07, 6.45) is 5.69. The van der Waals surface area contributed by atoms with Crippen molar-refractivity contribution in [1.82, 2.24) is 14.9 Å². The highest BCUT2D eigenvalue weighted by Gasteiger charge is 2.23. The third-order valence-corrected chi connectivity index (χ3v) is 4.67. The van der Waals surface area contributed by atoms with Gasteiger partial charge in [0, 0.05) is 32.5 Å². The van der Waals surface area contributed by atoms with Gasteiger partial charge in [0.2, 0.25) is 0 Å². The maximum atomic E-state index is 12.6.